The summed E-state index contributed by atoms with van der Waals surface area (Å²) in [4.78, 5) is 17.0. The van der Waals surface area contributed by atoms with E-state index in [1.54, 1.807) is 38.7 Å². The first-order valence-electron chi connectivity index (χ1n) is 10.2. The van der Waals surface area contributed by atoms with Crippen molar-refractivity contribution >= 4 is 11.6 Å². The van der Waals surface area contributed by atoms with Crippen molar-refractivity contribution in [2.24, 2.45) is 0 Å². The lowest BCUT2D eigenvalue weighted by Gasteiger charge is -2.36. The molecule has 0 bridgehead atoms. The number of carbonyl (C=O) groups is 1. The Kier molecular flexibility index (Phi) is 6.42. The number of carbonyl (C=O) groups excluding carboxylic acids is 1. The number of ether oxygens (including phenoxy) is 2. The maximum absolute atomic E-state index is 12.3. The van der Waals surface area contributed by atoms with Crippen LogP contribution in [0.1, 0.15) is 10.5 Å². The number of piperazine rings is 1. The van der Waals surface area contributed by atoms with Gasteiger partial charge in [-0.2, -0.15) is 0 Å². The molecule has 1 aromatic carbocycles. The maximum Gasteiger partial charge on any atom is 0.273 e. The predicted octanol–water partition coefficient (Wildman–Crippen LogP) is 2.50. The fourth-order valence-corrected chi connectivity index (χ4v) is 3.59. The summed E-state index contributed by atoms with van der Waals surface area (Å²) in [5.74, 6) is 2.17. The number of nitrogens with zero attached hydrogens (tertiary/aromatic N) is 3. The van der Waals surface area contributed by atoms with Gasteiger partial charge in [-0.05, 0) is 24.3 Å². The molecule has 9 heteroatoms. The molecule has 0 atom stereocenters. The lowest BCUT2D eigenvalue weighted by molar-refractivity contribution is 0.0939. The number of hydrogen-bond donors (Lipinski definition) is 1. The molecule has 164 valence electrons. The van der Waals surface area contributed by atoms with Gasteiger partial charge in [0.05, 0.1) is 20.5 Å². The quantitative estimate of drug-likeness (QED) is 0.587. The van der Waals surface area contributed by atoms with Crippen LogP contribution in [-0.4, -0.2) is 69.5 Å². The summed E-state index contributed by atoms with van der Waals surface area (Å²) < 4.78 is 21.1. The second-order valence-electron chi connectivity index (χ2n) is 7.18. The molecule has 2 aromatic heterocycles. The standard InChI is InChI=1S/C22H26N4O5/c1-28-18-6-5-16(14-20(18)29-2)26-11-9-25(10-12-26)8-7-23-22(27)17-15-21(31-24-17)19-4-3-13-30-19/h3-6,13-15H,7-12H2,1-2H3,(H,23,27). The van der Waals surface area contributed by atoms with Crippen molar-refractivity contribution in [3.63, 3.8) is 0 Å². The summed E-state index contributed by atoms with van der Waals surface area (Å²) in [5, 5.41) is 6.72. The summed E-state index contributed by atoms with van der Waals surface area (Å²) in [6.45, 7) is 4.94. The molecule has 31 heavy (non-hydrogen) atoms. The fourth-order valence-electron chi connectivity index (χ4n) is 3.59. The molecule has 1 amide bonds. The molecule has 0 radical (unpaired) electrons. The van der Waals surface area contributed by atoms with Crippen molar-refractivity contribution in [1.29, 1.82) is 0 Å². The Hall–Kier alpha value is -3.46. The Bertz CT molecular complexity index is 993. The second-order valence-corrected chi connectivity index (χ2v) is 7.18. The monoisotopic (exact) mass is 426 g/mol. The molecule has 0 unspecified atom stereocenters. The zero-order chi connectivity index (χ0) is 21.6. The molecule has 1 aliphatic heterocycles. The van der Waals surface area contributed by atoms with Gasteiger partial charge in [-0.3, -0.25) is 9.69 Å². The van der Waals surface area contributed by atoms with Crippen LogP contribution in [0.5, 0.6) is 11.5 Å². The number of aromatic nitrogens is 1. The van der Waals surface area contributed by atoms with E-state index < -0.39 is 0 Å². The normalized spacial score (nSPS) is 14.5. The van der Waals surface area contributed by atoms with E-state index in [4.69, 9.17) is 18.4 Å². The number of anilines is 1. The molecule has 4 rings (SSSR count). The highest BCUT2D eigenvalue weighted by molar-refractivity contribution is 5.92. The Labute approximate surface area is 180 Å². The second kappa shape index (κ2) is 9.57. The molecule has 0 aliphatic carbocycles. The first-order chi connectivity index (χ1) is 15.2. The van der Waals surface area contributed by atoms with Crippen molar-refractivity contribution in [3.05, 3.63) is 48.4 Å². The van der Waals surface area contributed by atoms with Crippen molar-refractivity contribution in [3.8, 4) is 23.0 Å². The van der Waals surface area contributed by atoms with Gasteiger partial charge < -0.3 is 28.6 Å². The number of nitrogens with one attached hydrogen (secondary N) is 1. The summed E-state index contributed by atoms with van der Waals surface area (Å²) in [6.07, 6.45) is 1.54. The van der Waals surface area contributed by atoms with Crippen LogP contribution >= 0.6 is 0 Å². The number of benzene rings is 1. The maximum atomic E-state index is 12.3. The van der Waals surface area contributed by atoms with Gasteiger partial charge in [0.15, 0.2) is 23.0 Å². The Morgan fingerprint density at radius 2 is 1.87 bits per heavy atom. The van der Waals surface area contributed by atoms with Crippen LogP contribution in [0.3, 0.4) is 0 Å². The first-order valence-corrected chi connectivity index (χ1v) is 10.2. The summed E-state index contributed by atoms with van der Waals surface area (Å²) >= 11 is 0. The predicted molar refractivity (Wildman–Crippen MR) is 115 cm³/mol. The third kappa shape index (κ3) is 4.83. The minimum absolute atomic E-state index is 0.240. The number of rotatable bonds is 8. The van der Waals surface area contributed by atoms with Crippen molar-refractivity contribution in [2.75, 3.05) is 58.4 Å². The number of hydrogen-bond acceptors (Lipinski definition) is 8. The van der Waals surface area contributed by atoms with Crippen molar-refractivity contribution < 1.29 is 23.2 Å². The van der Waals surface area contributed by atoms with Gasteiger partial charge in [0, 0.05) is 57.1 Å². The largest absolute Gasteiger partial charge is 0.493 e. The van der Waals surface area contributed by atoms with Crippen molar-refractivity contribution in [2.45, 2.75) is 0 Å². The zero-order valence-electron chi connectivity index (χ0n) is 17.7. The van der Waals surface area contributed by atoms with E-state index in [1.807, 2.05) is 18.2 Å². The minimum Gasteiger partial charge on any atom is -0.493 e. The molecule has 1 fully saturated rings. The van der Waals surface area contributed by atoms with Crippen LogP contribution in [0, 0.1) is 0 Å². The highest BCUT2D eigenvalue weighted by atomic mass is 16.5. The molecule has 0 spiro atoms. The average Bonchev–Trinajstić information content (AvgIpc) is 3.51. The minimum atomic E-state index is -0.259. The molecule has 9 nitrogen and oxygen atoms in total. The van der Waals surface area contributed by atoms with Crippen LogP contribution in [0.15, 0.2) is 51.6 Å². The average molecular weight is 426 g/mol. The van der Waals surface area contributed by atoms with Crippen LogP contribution in [-0.2, 0) is 0 Å². The Balaban J connectivity index is 1.22. The van der Waals surface area contributed by atoms with E-state index in [0.717, 1.165) is 49.9 Å². The molecule has 1 saturated heterocycles. The van der Waals surface area contributed by atoms with Gasteiger partial charge in [-0.1, -0.05) is 5.16 Å². The van der Waals surface area contributed by atoms with Crippen LogP contribution in [0.2, 0.25) is 0 Å². The van der Waals surface area contributed by atoms with Gasteiger partial charge in [0.25, 0.3) is 5.91 Å². The lowest BCUT2D eigenvalue weighted by atomic mass is 10.2. The van der Waals surface area contributed by atoms with Gasteiger partial charge in [-0.25, -0.2) is 0 Å². The van der Waals surface area contributed by atoms with Crippen LogP contribution in [0.4, 0.5) is 5.69 Å². The molecular formula is C22H26N4O5. The van der Waals surface area contributed by atoms with Gasteiger partial charge in [-0.15, -0.1) is 0 Å². The highest BCUT2D eigenvalue weighted by Crippen LogP contribution is 2.31. The van der Waals surface area contributed by atoms with E-state index in [0.29, 0.717) is 18.1 Å². The molecular weight excluding hydrogens is 400 g/mol. The van der Waals surface area contributed by atoms with Gasteiger partial charge in [0.2, 0.25) is 5.76 Å². The van der Waals surface area contributed by atoms with Crippen molar-refractivity contribution in [1.82, 2.24) is 15.4 Å². The summed E-state index contributed by atoms with van der Waals surface area (Å²) in [7, 11) is 3.28. The topological polar surface area (TPSA) is 93.2 Å². The number of methoxy groups -OCH3 is 2. The summed E-state index contributed by atoms with van der Waals surface area (Å²) in [6, 6.07) is 11.1. The van der Waals surface area contributed by atoms with Gasteiger partial charge >= 0.3 is 0 Å². The van der Waals surface area contributed by atoms with E-state index in [-0.39, 0.29) is 11.6 Å². The van der Waals surface area contributed by atoms with Crippen LogP contribution < -0.4 is 19.7 Å². The number of furan rings is 1. The SMILES string of the molecule is COc1ccc(N2CCN(CCNC(=O)c3cc(-c4ccco4)on3)CC2)cc1OC. The third-order valence-electron chi connectivity index (χ3n) is 5.32. The van der Waals surface area contributed by atoms with E-state index >= 15 is 0 Å². The molecule has 1 N–H and O–H groups in total. The molecule has 3 aromatic rings. The van der Waals surface area contributed by atoms with Crippen LogP contribution in [0.25, 0.3) is 11.5 Å². The fraction of sp³-hybridized carbons (Fsp3) is 0.364. The molecule has 0 saturated carbocycles. The zero-order valence-corrected chi connectivity index (χ0v) is 17.7. The number of amides is 1. The van der Waals surface area contributed by atoms with Gasteiger partial charge in [0.1, 0.15) is 0 Å². The summed E-state index contributed by atoms with van der Waals surface area (Å²) in [5.41, 5.74) is 1.36. The van der Waals surface area contributed by atoms with E-state index in [2.05, 4.69) is 20.3 Å². The molecule has 1 aliphatic rings. The highest BCUT2D eigenvalue weighted by Gasteiger charge is 2.19. The first kappa shape index (κ1) is 20.8. The smallest absolute Gasteiger partial charge is 0.273 e. The lowest BCUT2D eigenvalue weighted by Crippen LogP contribution is -2.48. The van der Waals surface area contributed by atoms with E-state index in [1.165, 1.54) is 0 Å². The Morgan fingerprint density at radius 1 is 1.06 bits per heavy atom. The van der Waals surface area contributed by atoms with E-state index in [9.17, 15) is 4.79 Å². The Morgan fingerprint density at radius 3 is 2.58 bits per heavy atom. The molecule has 3 heterocycles. The third-order valence-corrected chi connectivity index (χ3v) is 5.32.